The maximum Gasteiger partial charge on any atom is 0.171 e. The van der Waals surface area contributed by atoms with Gasteiger partial charge in [0.25, 0.3) is 0 Å². The first kappa shape index (κ1) is 29.2. The van der Waals surface area contributed by atoms with E-state index >= 15 is 9.13 Å². The molecule has 0 fully saturated rings. The summed E-state index contributed by atoms with van der Waals surface area (Å²) in [7, 11) is -6.88. The highest BCUT2D eigenvalue weighted by Crippen LogP contribution is 2.47. The molecule has 0 aliphatic heterocycles. The highest BCUT2D eigenvalue weighted by Gasteiger charge is 2.35. The number of nitrogens with zero attached hydrogens (tertiary/aromatic N) is 1. The molecule has 0 atom stereocenters. The Labute approximate surface area is 274 Å². The first-order chi connectivity index (χ1) is 23.1. The van der Waals surface area contributed by atoms with Gasteiger partial charge in [-0.2, -0.15) is 0 Å². The molecular formula is C42H31NO2P2. The van der Waals surface area contributed by atoms with Gasteiger partial charge < -0.3 is 13.7 Å². The first-order valence-corrected chi connectivity index (χ1v) is 19.1. The summed E-state index contributed by atoms with van der Waals surface area (Å²) in [5.41, 5.74) is 2.87. The molecule has 0 unspecified atom stereocenters. The molecule has 3 nitrogen and oxygen atoms in total. The molecule has 226 valence electrons. The van der Waals surface area contributed by atoms with Gasteiger partial charge in [-0.25, -0.2) is 0 Å². The van der Waals surface area contributed by atoms with E-state index in [0.29, 0.717) is 10.6 Å². The van der Waals surface area contributed by atoms with Crippen LogP contribution in [-0.2, 0) is 9.13 Å². The monoisotopic (exact) mass is 643 g/mol. The predicted molar refractivity (Wildman–Crippen MR) is 200 cm³/mol. The Kier molecular flexibility index (Phi) is 7.38. The summed E-state index contributed by atoms with van der Waals surface area (Å²) >= 11 is 0. The molecule has 0 aliphatic carbocycles. The standard InChI is InChI=1S/C42H31NO2P2/c44-46(33-17-5-1-6-18-33,34-19-7-2-8-20-34)37-29-32(43-41-27-15-13-25-39(41)40-26-14-16-28-42(40)43)30-38(31-37)47(45,35-21-9-3-10-22-35)36-23-11-4-12-24-36/h1-31H. The van der Waals surface area contributed by atoms with Crippen LogP contribution in [-0.4, -0.2) is 4.57 Å². The minimum atomic E-state index is -3.44. The Morgan fingerprint density at radius 2 is 0.617 bits per heavy atom. The second-order valence-corrected chi connectivity index (χ2v) is 17.2. The van der Waals surface area contributed by atoms with Crippen LogP contribution in [0.25, 0.3) is 27.5 Å². The second kappa shape index (κ2) is 11.9. The first-order valence-electron chi connectivity index (χ1n) is 15.7. The topological polar surface area (TPSA) is 39.1 Å². The average Bonchev–Trinajstić information content (AvgIpc) is 3.50. The quantitative estimate of drug-likeness (QED) is 0.165. The molecule has 0 amide bonds. The van der Waals surface area contributed by atoms with E-state index in [-0.39, 0.29) is 0 Å². The molecule has 0 bridgehead atoms. The molecular weight excluding hydrogens is 612 g/mol. The fraction of sp³-hybridized carbons (Fsp3) is 0. The molecule has 8 rings (SSSR count). The zero-order chi connectivity index (χ0) is 31.8. The van der Waals surface area contributed by atoms with Crippen molar-refractivity contribution >= 4 is 67.9 Å². The molecule has 47 heavy (non-hydrogen) atoms. The number of para-hydroxylation sites is 2. The number of benzene rings is 7. The van der Waals surface area contributed by atoms with Crippen molar-refractivity contribution in [2.45, 2.75) is 0 Å². The van der Waals surface area contributed by atoms with E-state index in [1.807, 2.05) is 152 Å². The highest BCUT2D eigenvalue weighted by atomic mass is 31.2. The third kappa shape index (κ3) is 4.83. The predicted octanol–water partition coefficient (Wildman–Crippen LogP) is 8.06. The van der Waals surface area contributed by atoms with Gasteiger partial charge in [0.1, 0.15) is 0 Å². The van der Waals surface area contributed by atoms with E-state index in [9.17, 15) is 0 Å². The summed E-state index contributed by atoms with van der Waals surface area (Å²) in [6.45, 7) is 0. The number of hydrogen-bond acceptors (Lipinski definition) is 2. The van der Waals surface area contributed by atoms with Crippen molar-refractivity contribution in [3.63, 3.8) is 0 Å². The molecule has 0 spiro atoms. The van der Waals surface area contributed by atoms with Gasteiger partial charge in [0, 0.05) is 48.3 Å². The summed E-state index contributed by atoms with van der Waals surface area (Å²) in [5.74, 6) is 0. The Morgan fingerprint density at radius 3 is 0.957 bits per heavy atom. The van der Waals surface area contributed by atoms with Gasteiger partial charge in [0.05, 0.1) is 11.0 Å². The molecule has 0 saturated carbocycles. The minimum absolute atomic E-state index is 0.636. The van der Waals surface area contributed by atoms with Gasteiger partial charge in [-0.3, -0.25) is 0 Å². The van der Waals surface area contributed by atoms with Crippen LogP contribution in [0.5, 0.6) is 0 Å². The van der Waals surface area contributed by atoms with E-state index in [2.05, 4.69) is 41.0 Å². The Hall–Kier alpha value is -5.20. The van der Waals surface area contributed by atoms with Crippen molar-refractivity contribution in [1.82, 2.24) is 4.57 Å². The molecule has 0 saturated heterocycles. The van der Waals surface area contributed by atoms with Crippen LogP contribution in [0.1, 0.15) is 0 Å². The number of aromatic nitrogens is 1. The third-order valence-electron chi connectivity index (χ3n) is 8.93. The Bertz CT molecular complexity index is 2200. The Balaban J connectivity index is 1.53. The second-order valence-electron chi connectivity index (χ2n) is 11.6. The van der Waals surface area contributed by atoms with E-state index in [0.717, 1.165) is 48.7 Å². The van der Waals surface area contributed by atoms with Crippen molar-refractivity contribution in [2.24, 2.45) is 0 Å². The van der Waals surface area contributed by atoms with E-state index in [4.69, 9.17) is 0 Å². The van der Waals surface area contributed by atoms with E-state index < -0.39 is 14.3 Å². The summed E-state index contributed by atoms with van der Waals surface area (Å²) in [5, 5.41) is 6.43. The normalized spacial score (nSPS) is 12.0. The van der Waals surface area contributed by atoms with Gasteiger partial charge in [-0.1, -0.05) is 158 Å². The number of rotatable bonds is 7. The van der Waals surface area contributed by atoms with Crippen LogP contribution in [0.4, 0.5) is 0 Å². The van der Waals surface area contributed by atoms with Crippen LogP contribution >= 0.6 is 14.3 Å². The Morgan fingerprint density at radius 1 is 0.319 bits per heavy atom. The van der Waals surface area contributed by atoms with Crippen LogP contribution in [0, 0.1) is 0 Å². The maximum atomic E-state index is 15.9. The number of fused-ring (bicyclic) bond motifs is 3. The van der Waals surface area contributed by atoms with Crippen LogP contribution in [0.15, 0.2) is 188 Å². The van der Waals surface area contributed by atoms with E-state index in [1.165, 1.54) is 0 Å². The minimum Gasteiger partial charge on any atom is -0.309 e. The van der Waals surface area contributed by atoms with Crippen LogP contribution in [0.2, 0.25) is 0 Å². The van der Waals surface area contributed by atoms with Crippen molar-refractivity contribution in [3.8, 4) is 5.69 Å². The molecule has 1 aromatic heterocycles. The largest absolute Gasteiger partial charge is 0.309 e. The number of hydrogen-bond donors (Lipinski definition) is 0. The molecule has 7 aromatic carbocycles. The van der Waals surface area contributed by atoms with Crippen molar-refractivity contribution in [2.75, 3.05) is 0 Å². The summed E-state index contributed by atoms with van der Waals surface area (Å²) in [6, 6.07) is 61.5. The molecule has 0 aliphatic rings. The van der Waals surface area contributed by atoms with Crippen molar-refractivity contribution in [1.29, 1.82) is 0 Å². The highest BCUT2D eigenvalue weighted by molar-refractivity contribution is 7.86. The lowest BCUT2D eigenvalue weighted by Gasteiger charge is -2.25. The summed E-state index contributed by atoms with van der Waals surface area (Å²) < 4.78 is 34.1. The SMILES string of the molecule is O=P(c1ccccc1)(c1ccccc1)c1cc(-n2c3ccccc3c3ccccc32)cc(P(=O)(c2ccccc2)c2ccccc2)c1. The lowest BCUT2D eigenvalue weighted by atomic mass is 10.2. The zero-order valence-corrected chi connectivity index (χ0v) is 27.3. The molecule has 0 N–H and O–H groups in total. The van der Waals surface area contributed by atoms with Gasteiger partial charge in [-0.05, 0) is 30.3 Å². The van der Waals surface area contributed by atoms with Gasteiger partial charge in [-0.15, -0.1) is 0 Å². The van der Waals surface area contributed by atoms with Gasteiger partial charge in [0.15, 0.2) is 14.3 Å². The van der Waals surface area contributed by atoms with Crippen molar-refractivity contribution in [3.05, 3.63) is 188 Å². The molecule has 1 heterocycles. The average molecular weight is 644 g/mol. The van der Waals surface area contributed by atoms with Crippen molar-refractivity contribution < 1.29 is 9.13 Å². The zero-order valence-electron chi connectivity index (χ0n) is 25.6. The fourth-order valence-electron chi connectivity index (χ4n) is 6.72. The maximum absolute atomic E-state index is 15.9. The summed E-state index contributed by atoms with van der Waals surface area (Å²) in [4.78, 5) is 0. The lowest BCUT2D eigenvalue weighted by molar-refractivity contribution is 0.592. The lowest BCUT2D eigenvalue weighted by Crippen LogP contribution is -2.31. The molecule has 8 aromatic rings. The fourth-order valence-corrected chi connectivity index (χ4v) is 12.2. The van der Waals surface area contributed by atoms with Crippen LogP contribution in [0.3, 0.4) is 0 Å². The van der Waals surface area contributed by atoms with Gasteiger partial charge >= 0.3 is 0 Å². The van der Waals surface area contributed by atoms with Crippen LogP contribution < -0.4 is 31.8 Å². The summed E-state index contributed by atoms with van der Waals surface area (Å²) in [6.07, 6.45) is 0. The van der Waals surface area contributed by atoms with E-state index in [1.54, 1.807) is 0 Å². The molecule has 5 heteroatoms. The smallest absolute Gasteiger partial charge is 0.171 e. The third-order valence-corrected chi connectivity index (χ3v) is 15.0. The van der Waals surface area contributed by atoms with Gasteiger partial charge in [0.2, 0.25) is 0 Å². The molecule has 0 radical (unpaired) electrons.